The minimum absolute atomic E-state index is 0.416. The van der Waals surface area contributed by atoms with Crippen molar-refractivity contribution in [2.45, 2.75) is 32.7 Å². The number of carbonyl (C=O) groups is 1. The molecule has 5 heteroatoms. The number of hydrogen-bond acceptors (Lipinski definition) is 4. The minimum Gasteiger partial charge on any atom is -0.397 e. The average Bonchev–Trinajstić information content (AvgIpc) is 2.77. The molecule has 1 aromatic rings. The molecule has 0 bridgehead atoms. The predicted octanol–water partition coefficient (Wildman–Crippen LogP) is 1.39. The first-order valence-corrected chi connectivity index (χ1v) is 6.32. The number of carbonyl (C=O) groups excluding carboxylic acids is 1. The van der Waals surface area contributed by atoms with Crippen molar-refractivity contribution in [3.05, 3.63) is 17.8 Å². The normalized spacial score (nSPS) is 19.5. The number of pyridine rings is 1. The minimum atomic E-state index is -0.473. The Hall–Kier alpha value is -1.78. The van der Waals surface area contributed by atoms with E-state index >= 15 is 0 Å². The molecule has 1 amide bonds. The van der Waals surface area contributed by atoms with Crippen LogP contribution in [-0.2, 0) is 0 Å². The molecule has 1 aliphatic rings. The van der Waals surface area contributed by atoms with Crippen molar-refractivity contribution in [2.24, 2.45) is 11.7 Å². The quantitative estimate of drug-likeness (QED) is 0.846. The van der Waals surface area contributed by atoms with Crippen LogP contribution in [-0.4, -0.2) is 23.5 Å². The van der Waals surface area contributed by atoms with E-state index < -0.39 is 5.91 Å². The van der Waals surface area contributed by atoms with Gasteiger partial charge in [-0.1, -0.05) is 13.8 Å². The SMILES string of the molecule is CC(C)C1CCCN1c1ncc(N)cc1C(N)=O. The van der Waals surface area contributed by atoms with E-state index in [0.29, 0.717) is 29.0 Å². The van der Waals surface area contributed by atoms with Gasteiger partial charge in [0.15, 0.2) is 0 Å². The van der Waals surface area contributed by atoms with E-state index in [1.807, 2.05) is 0 Å². The van der Waals surface area contributed by atoms with Crippen molar-refractivity contribution in [3.8, 4) is 0 Å². The van der Waals surface area contributed by atoms with Crippen molar-refractivity contribution >= 4 is 17.4 Å². The molecule has 18 heavy (non-hydrogen) atoms. The maximum absolute atomic E-state index is 11.5. The van der Waals surface area contributed by atoms with E-state index in [-0.39, 0.29) is 0 Å². The van der Waals surface area contributed by atoms with Gasteiger partial charge < -0.3 is 16.4 Å². The van der Waals surface area contributed by atoms with Gasteiger partial charge in [0.25, 0.3) is 5.91 Å². The number of hydrogen-bond donors (Lipinski definition) is 2. The Labute approximate surface area is 107 Å². The Balaban J connectivity index is 2.41. The van der Waals surface area contributed by atoms with E-state index in [4.69, 9.17) is 11.5 Å². The van der Waals surface area contributed by atoms with E-state index in [1.54, 1.807) is 12.3 Å². The van der Waals surface area contributed by atoms with E-state index in [0.717, 1.165) is 19.4 Å². The van der Waals surface area contributed by atoms with Crippen LogP contribution >= 0.6 is 0 Å². The highest BCUT2D eigenvalue weighted by Crippen LogP contribution is 2.31. The average molecular weight is 248 g/mol. The molecule has 2 rings (SSSR count). The van der Waals surface area contributed by atoms with E-state index in [1.165, 1.54) is 0 Å². The third kappa shape index (κ3) is 2.25. The lowest BCUT2D eigenvalue weighted by atomic mass is 10.0. The van der Waals surface area contributed by atoms with Gasteiger partial charge in [0, 0.05) is 12.6 Å². The van der Waals surface area contributed by atoms with Crippen molar-refractivity contribution < 1.29 is 4.79 Å². The topological polar surface area (TPSA) is 85.2 Å². The number of anilines is 2. The molecule has 4 N–H and O–H groups in total. The lowest BCUT2D eigenvalue weighted by Crippen LogP contribution is -2.35. The van der Waals surface area contributed by atoms with Crippen LogP contribution < -0.4 is 16.4 Å². The Bertz CT molecular complexity index is 458. The molecule has 1 fully saturated rings. The molecule has 1 unspecified atom stereocenters. The van der Waals surface area contributed by atoms with Crippen LogP contribution in [0.5, 0.6) is 0 Å². The predicted molar refractivity (Wildman–Crippen MR) is 72.4 cm³/mol. The van der Waals surface area contributed by atoms with Crippen LogP contribution in [0.1, 0.15) is 37.0 Å². The molecule has 5 nitrogen and oxygen atoms in total. The van der Waals surface area contributed by atoms with Crippen LogP contribution in [0, 0.1) is 5.92 Å². The first kappa shape index (κ1) is 12.7. The standard InChI is InChI=1S/C13H20N4O/c1-8(2)11-4-3-5-17(11)13-10(12(15)18)6-9(14)7-16-13/h6-8,11H,3-5,14H2,1-2H3,(H2,15,18). The highest BCUT2D eigenvalue weighted by Gasteiger charge is 2.30. The summed E-state index contributed by atoms with van der Waals surface area (Å²) in [6.07, 6.45) is 3.83. The number of amides is 1. The third-order valence-corrected chi connectivity index (χ3v) is 3.49. The van der Waals surface area contributed by atoms with E-state index in [9.17, 15) is 4.79 Å². The highest BCUT2D eigenvalue weighted by molar-refractivity contribution is 5.98. The monoisotopic (exact) mass is 248 g/mol. The molecule has 0 spiro atoms. The highest BCUT2D eigenvalue weighted by atomic mass is 16.1. The second-order valence-electron chi connectivity index (χ2n) is 5.15. The summed E-state index contributed by atoms with van der Waals surface area (Å²) in [5.41, 5.74) is 12.0. The molecule has 0 aromatic carbocycles. The van der Waals surface area contributed by atoms with Gasteiger partial charge in [-0.3, -0.25) is 4.79 Å². The fourth-order valence-corrected chi connectivity index (χ4v) is 2.63. The van der Waals surface area contributed by atoms with Crippen molar-refractivity contribution in [2.75, 3.05) is 17.2 Å². The van der Waals surface area contributed by atoms with Gasteiger partial charge in [-0.25, -0.2) is 4.98 Å². The molecule has 98 valence electrons. The van der Waals surface area contributed by atoms with Gasteiger partial charge >= 0.3 is 0 Å². The smallest absolute Gasteiger partial charge is 0.252 e. The Morgan fingerprint density at radius 2 is 2.28 bits per heavy atom. The van der Waals surface area contributed by atoms with Crippen LogP contribution in [0.2, 0.25) is 0 Å². The molecule has 2 heterocycles. The lowest BCUT2D eigenvalue weighted by Gasteiger charge is -2.29. The molecule has 0 radical (unpaired) electrons. The first-order valence-electron chi connectivity index (χ1n) is 6.32. The van der Waals surface area contributed by atoms with Crippen molar-refractivity contribution in [3.63, 3.8) is 0 Å². The molecule has 1 aromatic heterocycles. The summed E-state index contributed by atoms with van der Waals surface area (Å²) in [7, 11) is 0. The van der Waals surface area contributed by atoms with E-state index in [2.05, 4.69) is 23.7 Å². The van der Waals surface area contributed by atoms with Gasteiger partial charge in [-0.2, -0.15) is 0 Å². The number of nitrogens with two attached hydrogens (primary N) is 2. The molecular formula is C13H20N4O. The van der Waals surface area contributed by atoms with Crippen LogP contribution in [0.4, 0.5) is 11.5 Å². The number of nitrogen functional groups attached to an aromatic ring is 1. The Morgan fingerprint density at radius 3 is 2.89 bits per heavy atom. The Kier molecular flexibility index (Phi) is 3.41. The maximum atomic E-state index is 11.5. The maximum Gasteiger partial charge on any atom is 0.252 e. The summed E-state index contributed by atoms with van der Waals surface area (Å²) in [4.78, 5) is 18.0. The molecule has 1 atom stereocenters. The fraction of sp³-hybridized carbons (Fsp3) is 0.538. The molecular weight excluding hydrogens is 228 g/mol. The number of primary amides is 1. The van der Waals surface area contributed by atoms with Crippen LogP contribution in [0.25, 0.3) is 0 Å². The molecule has 1 saturated heterocycles. The molecule has 0 saturated carbocycles. The summed E-state index contributed by atoms with van der Waals surface area (Å²) < 4.78 is 0. The summed E-state index contributed by atoms with van der Waals surface area (Å²) in [6, 6.07) is 2.03. The number of rotatable bonds is 3. The molecule has 1 aliphatic heterocycles. The van der Waals surface area contributed by atoms with Crippen molar-refractivity contribution in [1.82, 2.24) is 4.98 Å². The van der Waals surface area contributed by atoms with Gasteiger partial charge in [0.1, 0.15) is 5.82 Å². The zero-order valence-corrected chi connectivity index (χ0v) is 10.9. The summed E-state index contributed by atoms with van der Waals surface area (Å²) >= 11 is 0. The van der Waals surface area contributed by atoms with Crippen LogP contribution in [0.15, 0.2) is 12.3 Å². The van der Waals surface area contributed by atoms with Gasteiger partial charge in [0.05, 0.1) is 17.4 Å². The molecule has 0 aliphatic carbocycles. The largest absolute Gasteiger partial charge is 0.397 e. The zero-order valence-electron chi connectivity index (χ0n) is 10.9. The zero-order chi connectivity index (χ0) is 13.3. The summed E-state index contributed by atoms with van der Waals surface area (Å²) in [5, 5.41) is 0. The fourth-order valence-electron chi connectivity index (χ4n) is 2.63. The first-order chi connectivity index (χ1) is 8.50. The number of nitrogens with zero attached hydrogens (tertiary/aromatic N) is 2. The van der Waals surface area contributed by atoms with Gasteiger partial charge in [-0.15, -0.1) is 0 Å². The third-order valence-electron chi connectivity index (χ3n) is 3.49. The Morgan fingerprint density at radius 1 is 1.56 bits per heavy atom. The number of aromatic nitrogens is 1. The summed E-state index contributed by atoms with van der Waals surface area (Å²) in [6.45, 7) is 5.29. The lowest BCUT2D eigenvalue weighted by molar-refractivity contribution is 0.100. The summed E-state index contributed by atoms with van der Waals surface area (Å²) in [5.74, 6) is 0.722. The van der Waals surface area contributed by atoms with Crippen LogP contribution in [0.3, 0.4) is 0 Å². The second kappa shape index (κ2) is 4.84. The second-order valence-corrected chi connectivity index (χ2v) is 5.15. The van der Waals surface area contributed by atoms with Crippen molar-refractivity contribution in [1.29, 1.82) is 0 Å². The van der Waals surface area contributed by atoms with Gasteiger partial charge in [0.2, 0.25) is 0 Å². The van der Waals surface area contributed by atoms with Gasteiger partial charge in [-0.05, 0) is 24.8 Å².